The molecule has 0 spiro atoms. The van der Waals surface area contributed by atoms with Crippen LogP contribution in [0.4, 0.5) is 30.7 Å². The number of benzene rings is 2. The Morgan fingerprint density at radius 3 is 2.06 bits per heavy atom. The van der Waals surface area contributed by atoms with Crippen LogP contribution in [-0.4, -0.2) is 51.1 Å². The molecule has 1 fully saturated rings. The largest absolute Gasteiger partial charge is 0.459 e. The molecule has 0 radical (unpaired) electrons. The van der Waals surface area contributed by atoms with E-state index in [1.807, 2.05) is 18.7 Å². The highest BCUT2D eigenvalue weighted by Crippen LogP contribution is 2.52. The number of aromatic amines is 1. The monoisotopic (exact) mass is 768 g/mol. The lowest BCUT2D eigenvalue weighted by Crippen LogP contribution is -2.68. The Balaban J connectivity index is 2.00. The minimum atomic E-state index is -5.12. The molecule has 10 nitrogen and oxygen atoms in total. The number of hydrogen-bond donors (Lipinski definition) is 1. The molecule has 3 atom stereocenters. The summed E-state index contributed by atoms with van der Waals surface area (Å²) in [6.07, 6.45) is -11.7. The van der Waals surface area contributed by atoms with Crippen molar-refractivity contribution in [3.05, 3.63) is 85.8 Å². The molecule has 0 aliphatic carbocycles. The highest BCUT2D eigenvalue weighted by Gasteiger charge is 2.57. The fraction of sp³-hybridized carbons (Fsp3) is 0.588. The van der Waals surface area contributed by atoms with Crippen LogP contribution in [0.25, 0.3) is 0 Å². The van der Waals surface area contributed by atoms with Crippen molar-refractivity contribution in [2.75, 3.05) is 14.2 Å². The van der Waals surface area contributed by atoms with Gasteiger partial charge in [0.25, 0.3) is 0 Å². The Morgan fingerprint density at radius 1 is 0.981 bits per heavy atom. The molecule has 0 unspecified atom stereocenters. The summed E-state index contributed by atoms with van der Waals surface area (Å²) in [6, 6.07) is 3.64. The zero-order valence-corrected chi connectivity index (χ0v) is 31.6. The van der Waals surface area contributed by atoms with Gasteiger partial charge in [-0.25, -0.2) is 13.8 Å². The lowest BCUT2D eigenvalue weighted by Gasteiger charge is -2.59. The summed E-state index contributed by atoms with van der Waals surface area (Å²) in [5.41, 5.74) is -7.84. The number of rotatable bonds is 10. The average molecular weight is 769 g/mol. The summed E-state index contributed by atoms with van der Waals surface area (Å²) in [5.74, 6) is -1.31. The van der Waals surface area contributed by atoms with E-state index in [9.17, 15) is 40.1 Å². The van der Waals surface area contributed by atoms with Gasteiger partial charge in [0.05, 0.1) is 34.9 Å². The number of halogens is 7. The van der Waals surface area contributed by atoms with E-state index in [1.54, 1.807) is 34.6 Å². The second-order valence-corrected chi connectivity index (χ2v) is 16.3. The van der Waals surface area contributed by atoms with Crippen molar-refractivity contribution in [2.24, 2.45) is 5.92 Å². The topological polar surface area (TPSA) is 108 Å². The van der Waals surface area contributed by atoms with E-state index in [1.165, 1.54) is 25.1 Å². The standard InChI is InChI=1S/C34H44F7N4O6P/c1-18(2)32(9,24-15-21(33(36,37)38)16-25(20(24)4)34(39,40)41)51-28-27(23-13-12-22(35)14-19(23)3)44(30(5,6)31(7,8)50-28)17-26-42-29(46)45(43-26)52(47,48-10)49-11/h12-16,18,27-28H,17H2,1-11H3,(H,42,43,46)/t27-,28+,32+/m0/s1. The summed E-state index contributed by atoms with van der Waals surface area (Å²) in [6.45, 7) is 14.2. The number of nitrogens with one attached hydrogen (secondary N) is 1. The molecule has 1 aliphatic rings. The third-order valence-electron chi connectivity index (χ3n) is 10.4. The molecule has 2 aromatic carbocycles. The van der Waals surface area contributed by atoms with Crippen molar-refractivity contribution >= 4 is 7.75 Å². The van der Waals surface area contributed by atoms with Gasteiger partial charge >= 0.3 is 25.8 Å². The Hall–Kier alpha value is -3.08. The maximum atomic E-state index is 14.5. The molecular weight excluding hydrogens is 724 g/mol. The molecule has 3 aromatic rings. The zero-order chi connectivity index (χ0) is 39.6. The first-order valence-electron chi connectivity index (χ1n) is 16.2. The van der Waals surface area contributed by atoms with Gasteiger partial charge < -0.3 is 9.47 Å². The van der Waals surface area contributed by atoms with Crippen LogP contribution < -0.4 is 5.69 Å². The first-order valence-corrected chi connectivity index (χ1v) is 17.7. The molecule has 18 heteroatoms. The molecule has 2 heterocycles. The number of morpholine rings is 1. The lowest BCUT2D eigenvalue weighted by molar-refractivity contribution is -0.341. The van der Waals surface area contributed by atoms with Gasteiger partial charge in [0.1, 0.15) is 11.6 Å². The highest BCUT2D eigenvalue weighted by atomic mass is 31.2. The molecule has 1 N–H and O–H groups in total. The molecule has 1 aliphatic heterocycles. The lowest BCUT2D eigenvalue weighted by atomic mass is 9.78. The van der Waals surface area contributed by atoms with Crippen LogP contribution in [0.1, 0.15) is 93.7 Å². The van der Waals surface area contributed by atoms with E-state index in [0.717, 1.165) is 21.1 Å². The summed E-state index contributed by atoms with van der Waals surface area (Å²) in [4.78, 5) is 17.3. The SMILES string of the molecule is COP(=O)(OC)n1nc(CN2[C@@H](c3ccc(F)cc3C)[C@@H](O[C@@](C)(c3cc(C(F)(F)F)cc(C(F)(F)F)c3C)C(C)C)OC(C)(C)C2(C)C)[nH]c1=O. The molecule has 1 saturated heterocycles. The van der Waals surface area contributed by atoms with Crippen LogP contribution in [0.2, 0.25) is 0 Å². The minimum Gasteiger partial charge on any atom is -0.343 e. The third-order valence-corrected chi connectivity index (χ3v) is 12.1. The number of hydrogen-bond acceptors (Lipinski definition) is 8. The molecule has 52 heavy (non-hydrogen) atoms. The number of ether oxygens (including phenoxy) is 2. The smallest absolute Gasteiger partial charge is 0.343 e. The Kier molecular flexibility index (Phi) is 11.2. The molecule has 0 amide bonds. The van der Waals surface area contributed by atoms with Gasteiger partial charge in [-0.3, -0.25) is 18.9 Å². The van der Waals surface area contributed by atoms with Gasteiger partial charge in [-0.15, -0.1) is 9.55 Å². The Bertz CT molecular complexity index is 1900. The van der Waals surface area contributed by atoms with Crippen molar-refractivity contribution in [1.29, 1.82) is 0 Å². The second-order valence-electron chi connectivity index (χ2n) is 14.3. The van der Waals surface area contributed by atoms with Crippen LogP contribution in [0, 0.1) is 25.6 Å². The number of aromatic nitrogens is 3. The van der Waals surface area contributed by atoms with E-state index in [0.29, 0.717) is 21.6 Å². The van der Waals surface area contributed by atoms with Crippen molar-refractivity contribution in [1.82, 2.24) is 19.4 Å². The van der Waals surface area contributed by atoms with Crippen LogP contribution in [0.15, 0.2) is 35.1 Å². The number of alkyl halides is 6. The molecule has 0 saturated carbocycles. The fourth-order valence-electron chi connectivity index (χ4n) is 6.44. The maximum Gasteiger partial charge on any atom is 0.459 e. The summed E-state index contributed by atoms with van der Waals surface area (Å²) in [5, 5.41) is 4.19. The number of nitrogens with zero attached hydrogens (tertiary/aromatic N) is 3. The van der Waals surface area contributed by atoms with E-state index >= 15 is 0 Å². The van der Waals surface area contributed by atoms with Crippen LogP contribution >= 0.6 is 7.75 Å². The third kappa shape index (κ3) is 7.49. The van der Waals surface area contributed by atoms with Crippen molar-refractivity contribution in [3.8, 4) is 0 Å². The van der Waals surface area contributed by atoms with Crippen LogP contribution in [0.3, 0.4) is 0 Å². The number of aryl methyl sites for hydroxylation is 1. The molecule has 4 rings (SSSR count). The van der Waals surface area contributed by atoms with E-state index in [2.05, 4.69) is 10.1 Å². The Labute approximate surface area is 297 Å². The zero-order valence-electron chi connectivity index (χ0n) is 30.7. The van der Waals surface area contributed by atoms with Gasteiger partial charge in [0, 0.05) is 19.8 Å². The average Bonchev–Trinajstić information content (AvgIpc) is 3.39. The highest BCUT2D eigenvalue weighted by molar-refractivity contribution is 7.51. The van der Waals surface area contributed by atoms with E-state index < -0.39 is 83.3 Å². The number of H-pyrrole nitrogens is 1. The minimum absolute atomic E-state index is 0.0104. The van der Waals surface area contributed by atoms with Gasteiger partial charge in [-0.1, -0.05) is 19.9 Å². The van der Waals surface area contributed by atoms with E-state index in [4.69, 9.17) is 18.5 Å². The first kappa shape index (κ1) is 41.7. The van der Waals surface area contributed by atoms with Gasteiger partial charge in [0.15, 0.2) is 6.29 Å². The quantitative estimate of drug-likeness (QED) is 0.161. The first-order chi connectivity index (χ1) is 23.6. The predicted octanol–water partition coefficient (Wildman–Crippen LogP) is 8.66. The second kappa shape index (κ2) is 14.0. The van der Waals surface area contributed by atoms with Crippen molar-refractivity contribution in [2.45, 2.75) is 110 Å². The summed E-state index contributed by atoms with van der Waals surface area (Å²) >= 11 is 0. The van der Waals surface area contributed by atoms with Crippen LogP contribution in [0.5, 0.6) is 0 Å². The van der Waals surface area contributed by atoms with Gasteiger partial charge in [0.2, 0.25) is 0 Å². The molecular formula is C34H44F7N4O6P. The molecule has 290 valence electrons. The van der Waals surface area contributed by atoms with Crippen molar-refractivity contribution in [3.63, 3.8) is 0 Å². The maximum absolute atomic E-state index is 14.5. The Morgan fingerprint density at radius 2 is 1.56 bits per heavy atom. The summed E-state index contributed by atoms with van der Waals surface area (Å²) < 4.78 is 137. The summed E-state index contributed by atoms with van der Waals surface area (Å²) in [7, 11) is -2.03. The van der Waals surface area contributed by atoms with Gasteiger partial charge in [-0.05, 0) is 101 Å². The normalized spacial score (nSPS) is 21.1. The van der Waals surface area contributed by atoms with Crippen LogP contribution in [-0.2, 0) is 47.6 Å². The van der Waals surface area contributed by atoms with E-state index in [-0.39, 0.29) is 24.0 Å². The molecule has 0 bridgehead atoms. The predicted molar refractivity (Wildman–Crippen MR) is 177 cm³/mol. The van der Waals surface area contributed by atoms with Gasteiger partial charge in [-0.2, -0.15) is 26.3 Å². The molecule has 1 aromatic heterocycles. The fourth-order valence-corrected chi connectivity index (χ4v) is 7.38. The van der Waals surface area contributed by atoms with Crippen molar-refractivity contribution < 1.29 is 53.8 Å².